The maximum atomic E-state index is 12.1. The van der Waals surface area contributed by atoms with Gasteiger partial charge in [-0.15, -0.1) is 0 Å². The van der Waals surface area contributed by atoms with Gasteiger partial charge >= 0.3 is 5.97 Å². The summed E-state index contributed by atoms with van der Waals surface area (Å²) in [4.78, 5) is 35.5. The lowest BCUT2D eigenvalue weighted by Crippen LogP contribution is -2.26. The Morgan fingerprint density at radius 2 is 1.60 bits per heavy atom. The van der Waals surface area contributed by atoms with E-state index in [4.69, 9.17) is 9.47 Å². The number of ether oxygens (including phenoxy) is 2. The number of hydrogen-bond acceptors (Lipinski definition) is 5. The van der Waals surface area contributed by atoms with Crippen molar-refractivity contribution in [3.63, 3.8) is 0 Å². The monoisotopic (exact) mass is 411 g/mol. The summed E-state index contributed by atoms with van der Waals surface area (Å²) < 4.78 is 10.8. The molecule has 0 unspecified atom stereocenters. The molecule has 0 fully saturated rings. The maximum Gasteiger partial charge on any atom is 0.306 e. The van der Waals surface area contributed by atoms with Gasteiger partial charge in [-0.25, -0.2) is 0 Å². The Kier molecular flexibility index (Phi) is 7.75. The van der Waals surface area contributed by atoms with Crippen molar-refractivity contribution in [3.8, 4) is 11.5 Å². The Labute approximate surface area is 177 Å². The molecular weight excluding hydrogens is 382 g/mol. The molecule has 0 bridgehead atoms. The first-order valence-electron chi connectivity index (χ1n) is 9.88. The lowest BCUT2D eigenvalue weighted by Gasteiger charge is -2.16. The number of esters is 1. The van der Waals surface area contributed by atoms with Crippen molar-refractivity contribution in [2.75, 3.05) is 11.9 Å². The van der Waals surface area contributed by atoms with Gasteiger partial charge in [-0.05, 0) is 55.3 Å². The number of hydrogen-bond donors (Lipinski definition) is 1. The summed E-state index contributed by atoms with van der Waals surface area (Å²) in [7, 11) is 0. The zero-order valence-electron chi connectivity index (χ0n) is 18.2. The van der Waals surface area contributed by atoms with Crippen molar-refractivity contribution in [1.29, 1.82) is 0 Å². The quantitative estimate of drug-likeness (QED) is 0.620. The van der Waals surface area contributed by atoms with Crippen LogP contribution in [-0.2, 0) is 19.1 Å². The van der Waals surface area contributed by atoms with Crippen molar-refractivity contribution in [3.05, 3.63) is 53.6 Å². The average molecular weight is 411 g/mol. The van der Waals surface area contributed by atoms with Crippen molar-refractivity contribution < 1.29 is 23.9 Å². The third-order valence-corrected chi connectivity index (χ3v) is 4.47. The van der Waals surface area contributed by atoms with Gasteiger partial charge in [0.2, 0.25) is 5.91 Å². The summed E-state index contributed by atoms with van der Waals surface area (Å²) >= 11 is 0. The van der Waals surface area contributed by atoms with Crippen LogP contribution in [0.1, 0.15) is 44.7 Å². The molecule has 0 aliphatic carbocycles. The molecule has 2 aromatic carbocycles. The largest absolute Gasteiger partial charge is 0.458 e. The van der Waals surface area contributed by atoms with Crippen LogP contribution in [0.5, 0.6) is 11.5 Å². The summed E-state index contributed by atoms with van der Waals surface area (Å²) in [5, 5.41) is 2.73. The molecule has 6 heteroatoms. The van der Waals surface area contributed by atoms with Crippen molar-refractivity contribution in [2.45, 2.75) is 47.5 Å². The fourth-order valence-electron chi connectivity index (χ4n) is 2.42. The van der Waals surface area contributed by atoms with Gasteiger partial charge in [0.05, 0.1) is 6.42 Å². The second-order valence-corrected chi connectivity index (χ2v) is 8.28. The van der Waals surface area contributed by atoms with Crippen LogP contribution in [0.15, 0.2) is 42.5 Å². The predicted molar refractivity (Wildman–Crippen MR) is 116 cm³/mol. The molecule has 160 valence electrons. The average Bonchev–Trinajstić information content (AvgIpc) is 2.68. The molecule has 0 spiro atoms. The molecule has 2 rings (SSSR count). The topological polar surface area (TPSA) is 81.7 Å². The van der Waals surface area contributed by atoms with E-state index in [2.05, 4.69) is 5.32 Å². The first-order valence-corrected chi connectivity index (χ1v) is 9.88. The third-order valence-electron chi connectivity index (χ3n) is 4.47. The maximum absolute atomic E-state index is 12.1. The minimum absolute atomic E-state index is 0.0245. The number of nitrogens with one attached hydrogen (secondary N) is 1. The smallest absolute Gasteiger partial charge is 0.306 e. The van der Waals surface area contributed by atoms with Crippen molar-refractivity contribution in [2.24, 2.45) is 5.41 Å². The molecule has 0 radical (unpaired) electrons. The highest BCUT2D eigenvalue weighted by atomic mass is 16.5. The van der Waals surface area contributed by atoms with Crippen LogP contribution in [0, 0.1) is 19.3 Å². The highest BCUT2D eigenvalue weighted by molar-refractivity contribution is 5.93. The van der Waals surface area contributed by atoms with Crippen LogP contribution >= 0.6 is 0 Å². The number of rotatable bonds is 8. The second kappa shape index (κ2) is 10.1. The third kappa shape index (κ3) is 7.35. The standard InChI is InChI=1S/C24H29NO5/c1-16-6-7-17(2)20(14-16)30-19-10-8-18(9-11-19)25-22(27)12-13-23(28)29-15-21(26)24(3,4)5/h6-11,14H,12-13,15H2,1-5H3,(H,25,27). The summed E-state index contributed by atoms with van der Waals surface area (Å²) in [5.74, 6) is 0.407. The number of aryl methyl sites for hydroxylation is 2. The van der Waals surface area contributed by atoms with Crippen LogP contribution in [0.25, 0.3) is 0 Å². The molecule has 30 heavy (non-hydrogen) atoms. The minimum atomic E-state index is -0.569. The normalized spacial score (nSPS) is 11.0. The molecule has 6 nitrogen and oxygen atoms in total. The molecule has 0 aliphatic rings. The Morgan fingerprint density at radius 1 is 0.933 bits per heavy atom. The molecule has 0 aromatic heterocycles. The van der Waals surface area contributed by atoms with E-state index in [9.17, 15) is 14.4 Å². The van der Waals surface area contributed by atoms with Gasteiger partial charge in [-0.2, -0.15) is 0 Å². The lowest BCUT2D eigenvalue weighted by atomic mass is 9.91. The fraction of sp³-hybridized carbons (Fsp3) is 0.375. The van der Waals surface area contributed by atoms with E-state index in [0.717, 1.165) is 16.9 Å². The first kappa shape index (κ1) is 23.1. The molecule has 0 heterocycles. The molecular formula is C24H29NO5. The van der Waals surface area contributed by atoms with Gasteiger partial charge in [0.15, 0.2) is 12.4 Å². The van der Waals surface area contributed by atoms with Crippen molar-refractivity contribution in [1.82, 2.24) is 0 Å². The first-order chi connectivity index (χ1) is 14.0. The number of carbonyl (C=O) groups excluding carboxylic acids is 3. The van der Waals surface area contributed by atoms with E-state index in [1.807, 2.05) is 32.0 Å². The SMILES string of the molecule is Cc1ccc(C)c(Oc2ccc(NC(=O)CCC(=O)OCC(=O)C(C)(C)C)cc2)c1. The van der Waals surface area contributed by atoms with Crippen molar-refractivity contribution >= 4 is 23.3 Å². The molecule has 0 aliphatic heterocycles. The van der Waals surface area contributed by atoms with E-state index < -0.39 is 11.4 Å². The summed E-state index contributed by atoms with van der Waals surface area (Å²) in [6, 6.07) is 13.0. The molecule has 2 aromatic rings. The fourth-order valence-corrected chi connectivity index (χ4v) is 2.42. The van der Waals surface area contributed by atoms with E-state index in [1.54, 1.807) is 45.0 Å². The van der Waals surface area contributed by atoms with Crippen LogP contribution in [0.2, 0.25) is 0 Å². The number of ketones is 1. The highest BCUT2D eigenvalue weighted by Crippen LogP contribution is 2.27. The predicted octanol–water partition coefficient (Wildman–Crippen LogP) is 4.97. The second-order valence-electron chi connectivity index (χ2n) is 8.28. The Bertz CT molecular complexity index is 910. The molecule has 1 N–H and O–H groups in total. The number of anilines is 1. The lowest BCUT2D eigenvalue weighted by molar-refractivity contribution is -0.150. The Balaban J connectivity index is 1.79. The van der Waals surface area contributed by atoms with E-state index in [0.29, 0.717) is 11.4 Å². The molecule has 0 atom stereocenters. The van der Waals surface area contributed by atoms with E-state index in [1.165, 1.54) is 0 Å². The van der Waals surface area contributed by atoms with Gasteiger partial charge in [0.25, 0.3) is 0 Å². The van der Waals surface area contributed by atoms with E-state index in [-0.39, 0.29) is 31.1 Å². The summed E-state index contributed by atoms with van der Waals surface area (Å²) in [6.45, 7) is 8.99. The molecule has 1 amide bonds. The summed E-state index contributed by atoms with van der Waals surface area (Å²) in [5.41, 5.74) is 2.19. The Hall–Kier alpha value is -3.15. The van der Waals surface area contributed by atoms with Gasteiger partial charge in [0.1, 0.15) is 11.5 Å². The molecule has 0 saturated heterocycles. The van der Waals surface area contributed by atoms with Crippen LogP contribution < -0.4 is 10.1 Å². The number of carbonyl (C=O) groups is 3. The van der Waals surface area contributed by atoms with Crippen LogP contribution in [0.3, 0.4) is 0 Å². The zero-order chi connectivity index (χ0) is 22.3. The zero-order valence-corrected chi connectivity index (χ0v) is 18.2. The highest BCUT2D eigenvalue weighted by Gasteiger charge is 2.22. The van der Waals surface area contributed by atoms with Gasteiger partial charge in [-0.1, -0.05) is 32.9 Å². The van der Waals surface area contributed by atoms with Gasteiger partial charge in [0, 0.05) is 17.5 Å². The van der Waals surface area contributed by atoms with Crippen LogP contribution in [0.4, 0.5) is 5.69 Å². The number of benzene rings is 2. The molecule has 0 saturated carbocycles. The number of amides is 1. The number of Topliss-reactive ketones (excluding diaryl/α,β-unsaturated/α-hetero) is 1. The minimum Gasteiger partial charge on any atom is -0.458 e. The van der Waals surface area contributed by atoms with Gasteiger partial charge in [-0.3, -0.25) is 14.4 Å². The van der Waals surface area contributed by atoms with E-state index >= 15 is 0 Å². The Morgan fingerprint density at radius 3 is 2.23 bits per heavy atom. The summed E-state index contributed by atoms with van der Waals surface area (Å²) in [6.07, 6.45) is -0.111. The van der Waals surface area contributed by atoms with Crippen LogP contribution in [-0.4, -0.2) is 24.3 Å². The van der Waals surface area contributed by atoms with Gasteiger partial charge < -0.3 is 14.8 Å².